The van der Waals surface area contributed by atoms with Crippen molar-refractivity contribution >= 4 is 27.7 Å². The highest BCUT2D eigenvalue weighted by Gasteiger charge is 2.10. The molecule has 5 heteroatoms. The Morgan fingerprint density at radius 3 is 2.44 bits per heavy atom. The molecule has 1 rings (SSSR count). The van der Waals surface area contributed by atoms with Crippen molar-refractivity contribution in [3.63, 3.8) is 0 Å². The Morgan fingerprint density at radius 2 is 1.89 bits per heavy atom. The van der Waals surface area contributed by atoms with Gasteiger partial charge in [-0.2, -0.15) is 0 Å². The van der Waals surface area contributed by atoms with E-state index in [0.717, 1.165) is 4.47 Å². The van der Waals surface area contributed by atoms with Crippen LogP contribution in [0.1, 0.15) is 16.8 Å². The molecule has 0 amide bonds. The van der Waals surface area contributed by atoms with E-state index in [1.165, 1.54) is 7.11 Å². The Hall–Kier alpha value is -1.20. The van der Waals surface area contributed by atoms with E-state index in [0.29, 0.717) is 18.5 Å². The second-order valence-electron chi connectivity index (χ2n) is 3.99. The molecule has 1 aromatic carbocycles. The summed E-state index contributed by atoms with van der Waals surface area (Å²) in [5.74, 6) is -0.229. The molecule has 0 aliphatic rings. The van der Waals surface area contributed by atoms with Crippen molar-refractivity contribution in [2.24, 2.45) is 0 Å². The van der Waals surface area contributed by atoms with Crippen molar-refractivity contribution in [3.8, 4) is 0 Å². The van der Waals surface area contributed by atoms with E-state index in [-0.39, 0.29) is 18.3 Å². The summed E-state index contributed by atoms with van der Waals surface area (Å²) in [4.78, 5) is 24.6. The molecule has 0 atom stereocenters. The van der Waals surface area contributed by atoms with Crippen LogP contribution in [0.15, 0.2) is 28.7 Å². The number of benzene rings is 1. The fourth-order valence-corrected chi connectivity index (χ4v) is 1.70. The number of carbonyl (C=O) groups is 2. The summed E-state index contributed by atoms with van der Waals surface area (Å²) < 4.78 is 5.50. The average molecular weight is 314 g/mol. The maximum absolute atomic E-state index is 11.9. The van der Waals surface area contributed by atoms with Crippen molar-refractivity contribution in [3.05, 3.63) is 34.3 Å². The smallest absolute Gasteiger partial charge is 0.319 e. The van der Waals surface area contributed by atoms with Crippen LogP contribution in [0.4, 0.5) is 0 Å². The summed E-state index contributed by atoms with van der Waals surface area (Å²) in [6, 6.07) is 7.25. The van der Waals surface area contributed by atoms with E-state index >= 15 is 0 Å². The molecule has 0 radical (unpaired) electrons. The number of rotatable bonds is 6. The fourth-order valence-electron chi connectivity index (χ4n) is 1.44. The van der Waals surface area contributed by atoms with Gasteiger partial charge < -0.3 is 4.74 Å². The first-order chi connectivity index (χ1) is 8.52. The molecular formula is C13H16BrNO3. The van der Waals surface area contributed by atoms with Gasteiger partial charge in [0.2, 0.25) is 0 Å². The lowest BCUT2D eigenvalue weighted by Crippen LogP contribution is -2.28. The molecule has 4 nitrogen and oxygen atoms in total. The van der Waals surface area contributed by atoms with Gasteiger partial charge in [0.1, 0.15) is 0 Å². The van der Waals surface area contributed by atoms with Gasteiger partial charge in [0.15, 0.2) is 5.78 Å². The van der Waals surface area contributed by atoms with Crippen LogP contribution >= 0.6 is 15.9 Å². The van der Waals surface area contributed by atoms with Gasteiger partial charge in [-0.15, -0.1) is 0 Å². The number of esters is 1. The van der Waals surface area contributed by atoms with E-state index in [4.69, 9.17) is 0 Å². The molecule has 98 valence electrons. The molecule has 0 saturated carbocycles. The highest BCUT2D eigenvalue weighted by Crippen LogP contribution is 2.12. The number of ketones is 1. The molecule has 18 heavy (non-hydrogen) atoms. The van der Waals surface area contributed by atoms with E-state index in [1.807, 2.05) is 12.1 Å². The van der Waals surface area contributed by atoms with Gasteiger partial charge in [0, 0.05) is 23.0 Å². The number of Topliss-reactive ketones (excluding diaryl/α,β-unsaturated/α-hetero) is 1. The molecule has 0 N–H and O–H groups in total. The predicted molar refractivity (Wildman–Crippen MR) is 72.6 cm³/mol. The second-order valence-corrected chi connectivity index (χ2v) is 4.91. The van der Waals surface area contributed by atoms with Crippen LogP contribution in [0.5, 0.6) is 0 Å². The van der Waals surface area contributed by atoms with Crippen molar-refractivity contribution < 1.29 is 14.3 Å². The van der Waals surface area contributed by atoms with Crippen molar-refractivity contribution in [2.75, 3.05) is 27.2 Å². The summed E-state index contributed by atoms with van der Waals surface area (Å²) >= 11 is 3.32. The maximum Gasteiger partial charge on any atom is 0.319 e. The minimum atomic E-state index is -0.298. The minimum absolute atomic E-state index is 0.0687. The molecule has 0 saturated heterocycles. The molecule has 0 fully saturated rings. The molecule has 0 aliphatic carbocycles. The van der Waals surface area contributed by atoms with Crippen LogP contribution in [0.3, 0.4) is 0 Å². The third kappa shape index (κ3) is 4.98. The summed E-state index contributed by atoms with van der Waals surface area (Å²) in [5, 5.41) is 0. The van der Waals surface area contributed by atoms with Crippen LogP contribution in [-0.4, -0.2) is 43.9 Å². The monoisotopic (exact) mass is 313 g/mol. The number of ether oxygens (including phenoxy) is 1. The fraction of sp³-hybridized carbons (Fsp3) is 0.385. The van der Waals surface area contributed by atoms with Gasteiger partial charge in [-0.25, -0.2) is 0 Å². The minimum Gasteiger partial charge on any atom is -0.468 e. The number of hydrogen-bond donors (Lipinski definition) is 0. The van der Waals surface area contributed by atoms with Gasteiger partial charge in [-0.3, -0.25) is 14.5 Å². The number of halogens is 1. The molecule has 1 aromatic rings. The van der Waals surface area contributed by atoms with Gasteiger partial charge in [0.25, 0.3) is 0 Å². The molecule has 0 bridgehead atoms. The van der Waals surface area contributed by atoms with Crippen LogP contribution in [0.25, 0.3) is 0 Å². The largest absolute Gasteiger partial charge is 0.468 e. The quantitative estimate of drug-likeness (QED) is 0.596. The molecule has 0 aliphatic heterocycles. The first kappa shape index (κ1) is 14.9. The Morgan fingerprint density at radius 1 is 1.28 bits per heavy atom. The second kappa shape index (κ2) is 7.28. The van der Waals surface area contributed by atoms with E-state index in [2.05, 4.69) is 20.7 Å². The average Bonchev–Trinajstić information content (AvgIpc) is 2.36. The lowest BCUT2D eigenvalue weighted by molar-refractivity contribution is -0.141. The maximum atomic E-state index is 11.9. The van der Waals surface area contributed by atoms with E-state index in [9.17, 15) is 9.59 Å². The third-order valence-electron chi connectivity index (χ3n) is 2.51. The zero-order valence-corrected chi connectivity index (χ0v) is 12.1. The van der Waals surface area contributed by atoms with Crippen molar-refractivity contribution in [1.29, 1.82) is 0 Å². The summed E-state index contributed by atoms with van der Waals surface area (Å²) in [6.07, 6.45) is 0.384. The summed E-state index contributed by atoms with van der Waals surface area (Å²) in [6.45, 7) is 0.730. The Kier molecular flexibility index (Phi) is 6.01. The van der Waals surface area contributed by atoms with Crippen LogP contribution < -0.4 is 0 Å². The Balaban J connectivity index is 2.41. The normalized spacial score (nSPS) is 10.4. The standard InChI is InChI=1S/C13H16BrNO3/c1-15(9-13(17)18-2)8-7-12(16)10-3-5-11(14)6-4-10/h3-6H,7-9H2,1-2H3. The molecule has 0 aromatic heterocycles. The number of likely N-dealkylation sites (N-methyl/N-ethyl adjacent to an activating group) is 1. The summed E-state index contributed by atoms with van der Waals surface area (Å²) in [5.41, 5.74) is 0.685. The summed E-state index contributed by atoms with van der Waals surface area (Å²) in [7, 11) is 3.13. The van der Waals surface area contributed by atoms with E-state index in [1.54, 1.807) is 24.1 Å². The Labute approximate surface area is 115 Å². The Bertz CT molecular complexity index is 417. The number of carbonyl (C=O) groups excluding carboxylic acids is 2. The van der Waals surface area contributed by atoms with Crippen LogP contribution in [0, 0.1) is 0 Å². The number of nitrogens with zero attached hydrogens (tertiary/aromatic N) is 1. The SMILES string of the molecule is COC(=O)CN(C)CCC(=O)c1ccc(Br)cc1. The van der Waals surface area contributed by atoms with Gasteiger partial charge >= 0.3 is 5.97 Å². The van der Waals surface area contributed by atoms with Crippen LogP contribution in [-0.2, 0) is 9.53 Å². The first-order valence-electron chi connectivity index (χ1n) is 5.57. The van der Waals surface area contributed by atoms with Crippen LogP contribution in [0.2, 0.25) is 0 Å². The van der Waals surface area contributed by atoms with Gasteiger partial charge in [-0.1, -0.05) is 28.1 Å². The van der Waals surface area contributed by atoms with Gasteiger partial charge in [0.05, 0.1) is 13.7 Å². The van der Waals surface area contributed by atoms with Gasteiger partial charge in [-0.05, 0) is 19.2 Å². The molecule has 0 unspecified atom stereocenters. The number of hydrogen-bond acceptors (Lipinski definition) is 4. The number of methoxy groups -OCH3 is 1. The predicted octanol–water partition coefficient (Wildman–Crippen LogP) is 2.13. The molecular weight excluding hydrogens is 298 g/mol. The van der Waals surface area contributed by atoms with Crippen molar-refractivity contribution in [1.82, 2.24) is 4.90 Å². The topological polar surface area (TPSA) is 46.6 Å². The van der Waals surface area contributed by atoms with Crippen molar-refractivity contribution in [2.45, 2.75) is 6.42 Å². The third-order valence-corrected chi connectivity index (χ3v) is 3.04. The zero-order valence-electron chi connectivity index (χ0n) is 10.5. The van der Waals surface area contributed by atoms with E-state index < -0.39 is 0 Å². The lowest BCUT2D eigenvalue weighted by Gasteiger charge is -2.14. The molecule has 0 spiro atoms. The highest BCUT2D eigenvalue weighted by atomic mass is 79.9. The first-order valence-corrected chi connectivity index (χ1v) is 6.36. The zero-order chi connectivity index (χ0) is 13.5. The highest BCUT2D eigenvalue weighted by molar-refractivity contribution is 9.10. The lowest BCUT2D eigenvalue weighted by atomic mass is 10.1. The molecule has 0 heterocycles.